The third-order valence-corrected chi connectivity index (χ3v) is 1.50. The second kappa shape index (κ2) is 16.5. The molecule has 4 heteroatoms. The molecule has 16 radical (unpaired) electrons. The van der Waals surface area contributed by atoms with Crippen LogP contribution in [0.25, 0.3) is 0 Å². The lowest BCUT2D eigenvalue weighted by Gasteiger charge is -2.05. The molecule has 0 bridgehead atoms. The first-order valence-electron chi connectivity index (χ1n) is 3.00. The minimum Gasteiger partial charge on any atom is -0.0533 e. The van der Waals surface area contributed by atoms with Crippen molar-refractivity contribution in [2.75, 3.05) is 0 Å². The van der Waals surface area contributed by atoms with Gasteiger partial charge in [0.15, 0.2) is 0 Å². The summed E-state index contributed by atoms with van der Waals surface area (Å²) in [5, 5.41) is 0. The molecule has 0 unspecified atom stereocenters. The molecule has 0 saturated heterocycles. The van der Waals surface area contributed by atoms with Crippen molar-refractivity contribution in [1.82, 2.24) is 0 Å². The van der Waals surface area contributed by atoms with Gasteiger partial charge in [0.1, 0.15) is 0 Å². The van der Waals surface area contributed by atoms with E-state index < -0.39 is 0 Å². The van der Waals surface area contributed by atoms with Gasteiger partial charge in [-0.05, 0) is 0 Å². The summed E-state index contributed by atoms with van der Waals surface area (Å²) in [6.07, 6.45) is 9.00. The monoisotopic (exact) mass is 196 g/mol. The molecule has 1 aliphatic carbocycles. The fraction of sp³-hybridized carbons (Fsp3) is 1.00. The van der Waals surface area contributed by atoms with E-state index >= 15 is 0 Å². The van der Waals surface area contributed by atoms with E-state index in [2.05, 4.69) is 0 Å². The number of hydrogen-bond acceptors (Lipinski definition) is 0. The van der Waals surface area contributed by atoms with E-state index in [1.165, 1.54) is 38.5 Å². The Kier molecular flexibility index (Phi) is 36.9. The Morgan fingerprint density at radius 1 is 0.300 bits per heavy atom. The van der Waals surface area contributed by atoms with Gasteiger partial charge in [0.25, 0.3) is 0 Å². The maximum Gasteiger partial charge on any atom is 0 e. The van der Waals surface area contributed by atoms with Gasteiger partial charge in [-0.1, -0.05) is 38.5 Å². The first kappa shape index (κ1) is 22.4. The topological polar surface area (TPSA) is 0 Å². The number of hydrogen-bond donors (Lipinski definition) is 0. The molecule has 0 N–H and O–H groups in total. The van der Waals surface area contributed by atoms with Gasteiger partial charge in [-0.15, -0.1) is 0 Å². The van der Waals surface area contributed by atoms with Gasteiger partial charge in [-0.25, -0.2) is 0 Å². The van der Waals surface area contributed by atoms with E-state index in [-0.39, 0.29) is 43.9 Å². The molecule has 0 aromatic carbocycles. The minimum atomic E-state index is 0. The van der Waals surface area contributed by atoms with Crippen LogP contribution in [0.5, 0.6) is 0 Å². The van der Waals surface area contributed by atoms with Gasteiger partial charge in [0.05, 0.1) is 0 Å². The van der Waals surface area contributed by atoms with E-state index in [4.69, 9.17) is 0 Å². The van der Waals surface area contributed by atoms with Gasteiger partial charge in [-0.2, -0.15) is 0 Å². The molecule has 1 saturated carbocycles. The zero-order chi connectivity index (χ0) is 4.24. The molecule has 0 atom stereocenters. The Morgan fingerprint density at radius 2 is 0.400 bits per heavy atom. The second-order valence-electron chi connectivity index (χ2n) is 2.12. The fourth-order valence-electron chi connectivity index (χ4n) is 1.06. The molecule has 10 heavy (non-hydrogen) atoms. The maximum atomic E-state index is 1.50. The zero-order valence-corrected chi connectivity index (χ0v) is 10.2. The zero-order valence-electron chi connectivity index (χ0n) is 6.24. The summed E-state index contributed by atoms with van der Waals surface area (Å²) in [5.74, 6) is 0. The van der Waals surface area contributed by atoms with E-state index in [0.29, 0.717) is 0 Å². The quantitative estimate of drug-likeness (QED) is 0.503. The lowest BCUT2D eigenvalue weighted by Crippen LogP contribution is -1.85. The van der Waals surface area contributed by atoms with Crippen molar-refractivity contribution in [3.8, 4) is 0 Å². The standard InChI is InChI=1S/C6H12.4Si/c1-2-4-6-5-3-1;;;;/h1-6H2;;;;. The minimum absolute atomic E-state index is 0. The van der Waals surface area contributed by atoms with E-state index in [1.807, 2.05) is 0 Å². The van der Waals surface area contributed by atoms with Crippen LogP contribution >= 0.6 is 0 Å². The highest BCUT2D eigenvalue weighted by Crippen LogP contribution is 2.15. The van der Waals surface area contributed by atoms with E-state index in [1.54, 1.807) is 0 Å². The van der Waals surface area contributed by atoms with Crippen molar-refractivity contribution in [3.05, 3.63) is 0 Å². The normalized spacial score (nSPS) is 14.4. The van der Waals surface area contributed by atoms with Gasteiger partial charge < -0.3 is 0 Å². The molecular formula is C6H12Si4. The van der Waals surface area contributed by atoms with Gasteiger partial charge >= 0.3 is 0 Å². The number of rotatable bonds is 0. The molecular weight excluding hydrogens is 184 g/mol. The predicted octanol–water partition coefficient (Wildman–Crippen LogP) is 0.817. The second-order valence-corrected chi connectivity index (χ2v) is 2.12. The summed E-state index contributed by atoms with van der Waals surface area (Å²) in [6, 6.07) is 0. The third-order valence-electron chi connectivity index (χ3n) is 1.50. The molecule has 1 aliphatic rings. The summed E-state index contributed by atoms with van der Waals surface area (Å²) in [7, 11) is 0. The molecule has 0 spiro atoms. The SMILES string of the molecule is C1CCCCC1.[Si].[Si].[Si].[Si]. The summed E-state index contributed by atoms with van der Waals surface area (Å²) >= 11 is 0. The van der Waals surface area contributed by atoms with Crippen molar-refractivity contribution in [1.29, 1.82) is 0 Å². The first-order chi connectivity index (χ1) is 3.00. The van der Waals surface area contributed by atoms with Gasteiger partial charge in [-0.3, -0.25) is 0 Å². The molecule has 0 aromatic rings. The van der Waals surface area contributed by atoms with Crippen LogP contribution in [0.15, 0.2) is 0 Å². The van der Waals surface area contributed by atoms with Crippen LogP contribution in [0.1, 0.15) is 38.5 Å². The highest BCUT2D eigenvalue weighted by Gasteiger charge is 1.95. The van der Waals surface area contributed by atoms with Crippen LogP contribution in [0.3, 0.4) is 0 Å². The van der Waals surface area contributed by atoms with E-state index in [0.717, 1.165) is 0 Å². The lowest BCUT2D eigenvalue weighted by molar-refractivity contribution is 0.504. The predicted molar refractivity (Wildman–Crippen MR) is 50.7 cm³/mol. The highest BCUT2D eigenvalue weighted by molar-refractivity contribution is 5.76. The Morgan fingerprint density at radius 3 is 0.500 bits per heavy atom. The molecule has 0 nitrogen and oxygen atoms in total. The Labute approximate surface area is 82.7 Å². The summed E-state index contributed by atoms with van der Waals surface area (Å²) in [4.78, 5) is 0. The average molecular weight is 197 g/mol. The van der Waals surface area contributed by atoms with Gasteiger partial charge in [0.2, 0.25) is 0 Å². The maximum absolute atomic E-state index is 1.50. The summed E-state index contributed by atoms with van der Waals surface area (Å²) in [6.45, 7) is 0. The van der Waals surface area contributed by atoms with Crippen molar-refractivity contribution in [3.63, 3.8) is 0 Å². The first-order valence-corrected chi connectivity index (χ1v) is 3.00. The molecule has 1 rings (SSSR count). The smallest absolute Gasteiger partial charge is 0 e. The highest BCUT2D eigenvalue weighted by atomic mass is 28.1. The molecule has 52 valence electrons. The third kappa shape index (κ3) is 11.6. The van der Waals surface area contributed by atoms with Crippen LogP contribution in [0.4, 0.5) is 0 Å². The van der Waals surface area contributed by atoms with Crippen LogP contribution in [0.2, 0.25) is 0 Å². The van der Waals surface area contributed by atoms with Crippen molar-refractivity contribution >= 4 is 43.9 Å². The Balaban J connectivity index is -0.0000000450. The Bertz CT molecular complexity index is 25.2. The average Bonchev–Trinajstić information content (AvgIpc) is 1.72. The van der Waals surface area contributed by atoms with Crippen molar-refractivity contribution in [2.45, 2.75) is 38.5 Å². The summed E-state index contributed by atoms with van der Waals surface area (Å²) in [5.41, 5.74) is 0. The van der Waals surface area contributed by atoms with Crippen molar-refractivity contribution < 1.29 is 0 Å². The fourth-order valence-corrected chi connectivity index (χ4v) is 1.06. The molecule has 0 aliphatic heterocycles. The largest absolute Gasteiger partial charge is 0.0533 e. The van der Waals surface area contributed by atoms with E-state index in [9.17, 15) is 0 Å². The van der Waals surface area contributed by atoms with Gasteiger partial charge in [0, 0.05) is 43.9 Å². The molecule has 1 fully saturated rings. The molecule has 0 heterocycles. The lowest BCUT2D eigenvalue weighted by atomic mass is 10.0. The van der Waals surface area contributed by atoms with Crippen LogP contribution in [-0.2, 0) is 0 Å². The Hall–Kier alpha value is 0.868. The van der Waals surface area contributed by atoms with Crippen LogP contribution in [-0.4, -0.2) is 43.9 Å². The van der Waals surface area contributed by atoms with Crippen LogP contribution in [0, 0.1) is 0 Å². The van der Waals surface area contributed by atoms with Crippen molar-refractivity contribution in [2.24, 2.45) is 0 Å². The molecule has 0 amide bonds. The molecule has 0 aromatic heterocycles. The summed E-state index contributed by atoms with van der Waals surface area (Å²) < 4.78 is 0. The van der Waals surface area contributed by atoms with Crippen LogP contribution < -0.4 is 0 Å².